The van der Waals surface area contributed by atoms with E-state index in [-0.39, 0.29) is 0 Å². The van der Waals surface area contributed by atoms with Crippen molar-refractivity contribution in [3.05, 3.63) is 0 Å². The van der Waals surface area contributed by atoms with Crippen molar-refractivity contribution in [3.8, 4) is 0 Å². The molecule has 0 amide bonds. The largest absolute Gasteiger partial charge is 0.327 e. The predicted octanol–water partition coefficient (Wildman–Crippen LogP) is 7.58. The normalized spacial score (nSPS) is 47.7. The molecule has 28 heavy (non-hydrogen) atoms. The standard InChI is InChI=1S/C27H49N/c1-5-6-7-11-25(28)19(2)22-14-15-23-21-13-12-20-10-8-9-17-26(20,3)24(21)16-18-27(22,23)4/h19-25H,5-18,28H2,1-4H3/t19?,20?,21-,22?,23-,24+,25?,26-,27+/m0/s1. The summed E-state index contributed by atoms with van der Waals surface area (Å²) in [5.41, 5.74) is 8.03. The number of rotatable bonds is 6. The van der Waals surface area contributed by atoms with Gasteiger partial charge in [-0.25, -0.2) is 0 Å². The SMILES string of the molecule is CCCCCC(N)C(C)C1CC[C@H]2[C@@H]3CCC4CCCC[C@]4(C)[C@@H]3CC[C@]12C. The maximum absolute atomic E-state index is 6.76. The first-order valence-electron chi connectivity index (χ1n) is 13.2. The van der Waals surface area contributed by atoms with Gasteiger partial charge in [0.1, 0.15) is 0 Å². The summed E-state index contributed by atoms with van der Waals surface area (Å²) in [5, 5.41) is 0. The molecule has 1 nitrogen and oxygen atoms in total. The molecule has 9 atom stereocenters. The highest BCUT2D eigenvalue weighted by molar-refractivity contribution is 5.09. The van der Waals surface area contributed by atoms with Crippen LogP contribution in [-0.4, -0.2) is 6.04 Å². The number of hydrogen-bond acceptors (Lipinski definition) is 1. The van der Waals surface area contributed by atoms with Gasteiger partial charge in [-0.05, 0) is 104 Å². The summed E-state index contributed by atoms with van der Waals surface area (Å²) in [5.74, 6) is 5.72. The minimum atomic E-state index is 0.427. The van der Waals surface area contributed by atoms with Gasteiger partial charge in [0.15, 0.2) is 0 Å². The van der Waals surface area contributed by atoms with Crippen LogP contribution in [0, 0.1) is 46.3 Å². The van der Waals surface area contributed by atoms with Gasteiger partial charge in [0.05, 0.1) is 0 Å². The van der Waals surface area contributed by atoms with Crippen molar-refractivity contribution in [1.82, 2.24) is 0 Å². The maximum atomic E-state index is 6.76. The zero-order valence-corrected chi connectivity index (χ0v) is 19.5. The Balaban J connectivity index is 1.47. The van der Waals surface area contributed by atoms with Crippen LogP contribution in [0.1, 0.15) is 118 Å². The highest BCUT2D eigenvalue weighted by Crippen LogP contribution is 2.68. The Morgan fingerprint density at radius 2 is 1.64 bits per heavy atom. The van der Waals surface area contributed by atoms with Crippen LogP contribution in [0.2, 0.25) is 0 Å². The third-order valence-corrected chi connectivity index (χ3v) is 11.1. The van der Waals surface area contributed by atoms with Crippen LogP contribution in [0.5, 0.6) is 0 Å². The maximum Gasteiger partial charge on any atom is 0.00673 e. The molecule has 2 N–H and O–H groups in total. The fraction of sp³-hybridized carbons (Fsp3) is 1.00. The zero-order valence-electron chi connectivity index (χ0n) is 19.5. The van der Waals surface area contributed by atoms with E-state index in [0.29, 0.717) is 22.8 Å². The minimum Gasteiger partial charge on any atom is -0.327 e. The second-order valence-electron chi connectivity index (χ2n) is 12.1. The van der Waals surface area contributed by atoms with Gasteiger partial charge in [-0.3, -0.25) is 0 Å². The molecule has 0 aromatic rings. The van der Waals surface area contributed by atoms with Crippen molar-refractivity contribution in [2.75, 3.05) is 0 Å². The van der Waals surface area contributed by atoms with E-state index >= 15 is 0 Å². The van der Waals surface area contributed by atoms with E-state index in [1.54, 1.807) is 12.8 Å². The summed E-state index contributed by atoms with van der Waals surface area (Å²) in [7, 11) is 0. The lowest BCUT2D eigenvalue weighted by atomic mass is 9.44. The van der Waals surface area contributed by atoms with Gasteiger partial charge in [0, 0.05) is 6.04 Å². The van der Waals surface area contributed by atoms with Crippen molar-refractivity contribution in [2.24, 2.45) is 52.1 Å². The molecule has 1 heteroatoms. The lowest BCUT2D eigenvalue weighted by Gasteiger charge is -2.61. The van der Waals surface area contributed by atoms with Crippen LogP contribution in [0.15, 0.2) is 0 Å². The molecule has 4 fully saturated rings. The van der Waals surface area contributed by atoms with Gasteiger partial charge in [0.2, 0.25) is 0 Å². The van der Waals surface area contributed by atoms with Crippen molar-refractivity contribution >= 4 is 0 Å². The van der Waals surface area contributed by atoms with Gasteiger partial charge >= 0.3 is 0 Å². The molecule has 0 heterocycles. The summed E-state index contributed by atoms with van der Waals surface area (Å²) in [6, 6.07) is 0.427. The average molecular weight is 388 g/mol. The third kappa shape index (κ3) is 3.40. The molecule has 162 valence electrons. The molecule has 0 radical (unpaired) electrons. The summed E-state index contributed by atoms with van der Waals surface area (Å²) < 4.78 is 0. The molecular formula is C27H49N. The highest BCUT2D eigenvalue weighted by Gasteiger charge is 2.60. The van der Waals surface area contributed by atoms with Crippen molar-refractivity contribution in [2.45, 2.75) is 124 Å². The average Bonchev–Trinajstić information content (AvgIpc) is 3.04. The molecule has 0 aromatic heterocycles. The molecule has 0 spiro atoms. The fourth-order valence-corrected chi connectivity index (χ4v) is 9.39. The van der Waals surface area contributed by atoms with E-state index < -0.39 is 0 Å². The van der Waals surface area contributed by atoms with Crippen LogP contribution in [0.25, 0.3) is 0 Å². The summed E-state index contributed by atoms with van der Waals surface area (Å²) in [4.78, 5) is 0. The fourth-order valence-electron chi connectivity index (χ4n) is 9.39. The Morgan fingerprint density at radius 1 is 0.857 bits per heavy atom. The van der Waals surface area contributed by atoms with Crippen LogP contribution in [-0.2, 0) is 0 Å². The number of fused-ring (bicyclic) bond motifs is 5. The van der Waals surface area contributed by atoms with Crippen molar-refractivity contribution in [1.29, 1.82) is 0 Å². The molecule has 0 aliphatic heterocycles. The first-order chi connectivity index (χ1) is 13.4. The first-order valence-corrected chi connectivity index (χ1v) is 13.2. The van der Waals surface area contributed by atoms with E-state index in [1.165, 1.54) is 77.0 Å². The van der Waals surface area contributed by atoms with Crippen LogP contribution >= 0.6 is 0 Å². The van der Waals surface area contributed by atoms with Gasteiger partial charge in [-0.2, -0.15) is 0 Å². The molecule has 4 unspecified atom stereocenters. The van der Waals surface area contributed by atoms with E-state index in [0.717, 1.165) is 29.6 Å². The van der Waals surface area contributed by atoms with Crippen molar-refractivity contribution < 1.29 is 0 Å². The molecule has 4 aliphatic rings. The molecule has 4 rings (SSSR count). The second-order valence-corrected chi connectivity index (χ2v) is 12.1. The topological polar surface area (TPSA) is 26.0 Å². The molecular weight excluding hydrogens is 338 g/mol. The molecule has 4 aliphatic carbocycles. The minimum absolute atomic E-state index is 0.427. The Hall–Kier alpha value is -0.0400. The van der Waals surface area contributed by atoms with E-state index in [4.69, 9.17) is 5.73 Å². The smallest absolute Gasteiger partial charge is 0.00673 e. The van der Waals surface area contributed by atoms with E-state index in [9.17, 15) is 0 Å². The molecule has 0 saturated heterocycles. The zero-order chi connectivity index (χ0) is 19.9. The second kappa shape index (κ2) is 8.24. The van der Waals surface area contributed by atoms with Gasteiger partial charge in [0.25, 0.3) is 0 Å². The Labute approximate surface area is 176 Å². The molecule has 0 aromatic carbocycles. The highest BCUT2D eigenvalue weighted by atomic mass is 14.7. The van der Waals surface area contributed by atoms with Crippen molar-refractivity contribution in [3.63, 3.8) is 0 Å². The Bertz CT molecular complexity index is 528. The summed E-state index contributed by atoms with van der Waals surface area (Å²) >= 11 is 0. The van der Waals surface area contributed by atoms with Crippen LogP contribution in [0.3, 0.4) is 0 Å². The lowest BCUT2D eigenvalue weighted by molar-refractivity contribution is -0.114. The van der Waals surface area contributed by atoms with Gasteiger partial charge in [-0.1, -0.05) is 59.8 Å². The van der Waals surface area contributed by atoms with Crippen LogP contribution in [0.4, 0.5) is 0 Å². The Morgan fingerprint density at radius 3 is 2.43 bits per heavy atom. The van der Waals surface area contributed by atoms with Gasteiger partial charge in [-0.15, -0.1) is 0 Å². The van der Waals surface area contributed by atoms with E-state index in [1.807, 2.05) is 0 Å². The lowest BCUT2D eigenvalue weighted by Crippen LogP contribution is -2.53. The number of nitrogens with two attached hydrogens (primary N) is 1. The monoisotopic (exact) mass is 387 g/mol. The number of unbranched alkanes of at least 4 members (excludes halogenated alkanes) is 2. The quantitative estimate of drug-likeness (QED) is 0.467. The predicted molar refractivity (Wildman–Crippen MR) is 121 cm³/mol. The van der Waals surface area contributed by atoms with Gasteiger partial charge < -0.3 is 5.73 Å². The Kier molecular flexibility index (Phi) is 6.24. The third-order valence-electron chi connectivity index (χ3n) is 11.1. The summed E-state index contributed by atoms with van der Waals surface area (Å²) in [6.07, 6.45) is 20.4. The molecule has 4 saturated carbocycles. The summed E-state index contributed by atoms with van der Waals surface area (Å²) in [6.45, 7) is 10.2. The van der Waals surface area contributed by atoms with E-state index in [2.05, 4.69) is 27.7 Å². The molecule has 0 bridgehead atoms. The van der Waals surface area contributed by atoms with Crippen LogP contribution < -0.4 is 5.73 Å². The first kappa shape index (κ1) is 21.2. The number of hydrogen-bond donors (Lipinski definition) is 1.